The number of nitriles is 1. The molecule has 15 aromatic rings. The number of hydrogen-bond acceptors (Lipinski definition) is 3. The summed E-state index contributed by atoms with van der Waals surface area (Å²) in [6.07, 6.45) is 0. The molecule has 0 saturated carbocycles. The van der Waals surface area contributed by atoms with E-state index in [0.29, 0.717) is 22.8 Å². The molecule has 0 aliphatic heterocycles. The van der Waals surface area contributed by atoms with Crippen molar-refractivity contribution in [2.75, 3.05) is 0 Å². The molecule has 0 aliphatic carbocycles. The summed E-state index contributed by atoms with van der Waals surface area (Å²) in [4.78, 5) is 17.5. The third-order valence-corrected chi connectivity index (χ3v) is 15.7. The number of nitrogens with zero attached hydrogens (tertiary/aromatic N) is 8. The molecule has 15 rings (SSSR count). The van der Waals surface area contributed by atoms with Crippen molar-refractivity contribution < 1.29 is 0 Å². The monoisotopic (exact) mass is 1030 g/mol. The van der Waals surface area contributed by atoms with Gasteiger partial charge in [-0.2, -0.15) is 5.26 Å². The third-order valence-electron chi connectivity index (χ3n) is 15.7. The zero-order valence-corrected chi connectivity index (χ0v) is 43.3. The summed E-state index contributed by atoms with van der Waals surface area (Å²) in [6.45, 7) is 15.6. The molecule has 81 heavy (non-hydrogen) atoms. The largest absolute Gasteiger partial charge is 0.309 e. The van der Waals surface area contributed by atoms with Crippen LogP contribution < -0.4 is 0 Å². The molecule has 11 aromatic carbocycles. The van der Waals surface area contributed by atoms with Gasteiger partial charge in [0.25, 0.3) is 0 Å². The smallest absolute Gasteiger partial charge is 0.188 e. The molecule has 8 nitrogen and oxygen atoms in total. The first-order chi connectivity index (χ1) is 40.0. The SMILES string of the molecule is [C-]#[N+]c1ccc2c(c1)c1cc([N+]#[C-])ccc1n2-c1ccc2c(c1)c1cc(-n3c4ccccc4c4ccccc43)ccc1n2-c1ccc(-c2ccc(-c3ccc(-c4cc(-c5ccccc5)nc(-c5ccccc5)n4)cc3)cc2)c(C#N)c1. The fraction of sp³-hybridized carbons (Fsp3) is 0. The third kappa shape index (κ3) is 7.73. The van der Waals surface area contributed by atoms with E-state index in [-0.39, 0.29) is 0 Å². The molecule has 0 radical (unpaired) electrons. The van der Waals surface area contributed by atoms with E-state index in [1.54, 1.807) is 0 Å². The standard InChI is InChI=1S/C73H42N8/c1-75-53-29-35-69-61(40-53)62-41-54(76-2)30-36-70(62)81(69)57-33-38-72-64(43-57)63-42-56(80-67-19-11-9-17-59(67)60-18-10-12-20-68(60)80)32-37-71(63)79(72)55-31-34-58(52(39-55)45-74)48-25-21-46(22-26-48)47-23-27-50(28-24-47)66-44-65(49-13-5-3-6-14-49)77-73(78-66)51-15-7-4-8-16-51/h3-44H. The van der Waals surface area contributed by atoms with Gasteiger partial charge in [-0.3, -0.25) is 0 Å². The minimum Gasteiger partial charge on any atom is -0.309 e. The number of hydrogen-bond donors (Lipinski definition) is 0. The molecular formula is C73H42N8. The minimum atomic E-state index is 0.545. The van der Waals surface area contributed by atoms with Gasteiger partial charge in [-0.05, 0) is 124 Å². The molecule has 374 valence electrons. The van der Waals surface area contributed by atoms with E-state index in [1.807, 2.05) is 91.0 Å². The highest BCUT2D eigenvalue weighted by Gasteiger charge is 2.21. The van der Waals surface area contributed by atoms with Crippen LogP contribution in [-0.4, -0.2) is 23.7 Å². The molecule has 0 atom stereocenters. The summed E-state index contributed by atoms with van der Waals surface area (Å²) in [5.74, 6) is 0.679. The molecule has 4 heterocycles. The van der Waals surface area contributed by atoms with Crippen molar-refractivity contribution in [2.45, 2.75) is 0 Å². The Balaban J connectivity index is 0.823. The van der Waals surface area contributed by atoms with E-state index < -0.39 is 0 Å². The molecule has 0 saturated heterocycles. The first-order valence-corrected chi connectivity index (χ1v) is 26.7. The summed E-state index contributed by atoms with van der Waals surface area (Å²) in [5, 5.41) is 17.2. The highest BCUT2D eigenvalue weighted by Crippen LogP contribution is 2.42. The van der Waals surface area contributed by atoms with Crippen LogP contribution in [0.5, 0.6) is 0 Å². The van der Waals surface area contributed by atoms with E-state index in [1.165, 1.54) is 10.8 Å². The maximum absolute atomic E-state index is 10.9. The van der Waals surface area contributed by atoms with Gasteiger partial charge in [-0.15, -0.1) is 0 Å². The van der Waals surface area contributed by atoms with Gasteiger partial charge in [0.2, 0.25) is 0 Å². The highest BCUT2D eigenvalue weighted by atomic mass is 15.0. The van der Waals surface area contributed by atoms with Crippen LogP contribution in [0.4, 0.5) is 11.4 Å². The predicted molar refractivity (Wildman–Crippen MR) is 329 cm³/mol. The highest BCUT2D eigenvalue weighted by molar-refractivity contribution is 6.15. The van der Waals surface area contributed by atoms with Gasteiger partial charge in [-0.1, -0.05) is 164 Å². The Bertz CT molecular complexity index is 5000. The van der Waals surface area contributed by atoms with Crippen LogP contribution in [0.2, 0.25) is 0 Å². The second-order valence-electron chi connectivity index (χ2n) is 20.3. The Morgan fingerprint density at radius 1 is 0.321 bits per heavy atom. The van der Waals surface area contributed by atoms with E-state index in [0.717, 1.165) is 122 Å². The van der Waals surface area contributed by atoms with E-state index in [9.17, 15) is 5.26 Å². The maximum atomic E-state index is 10.9. The van der Waals surface area contributed by atoms with E-state index in [2.05, 4.69) is 193 Å². The molecule has 0 N–H and O–H groups in total. The van der Waals surface area contributed by atoms with E-state index in [4.69, 9.17) is 23.1 Å². The molecule has 0 unspecified atom stereocenters. The number of fused-ring (bicyclic) bond motifs is 9. The van der Waals surface area contributed by atoms with Gasteiger partial charge in [0.15, 0.2) is 17.2 Å². The van der Waals surface area contributed by atoms with Crippen molar-refractivity contribution in [3.8, 4) is 79.3 Å². The lowest BCUT2D eigenvalue weighted by Gasteiger charge is -2.13. The molecule has 0 aliphatic rings. The molecule has 0 bridgehead atoms. The Morgan fingerprint density at radius 3 is 1.20 bits per heavy atom. The summed E-state index contributed by atoms with van der Waals surface area (Å²) >= 11 is 0. The lowest BCUT2D eigenvalue weighted by Crippen LogP contribution is -1.97. The topological polar surface area (TPSA) is 73.1 Å². The average molecular weight is 1030 g/mol. The zero-order valence-electron chi connectivity index (χ0n) is 43.3. The summed E-state index contributed by atoms with van der Waals surface area (Å²) in [5.41, 5.74) is 19.3. The quantitative estimate of drug-likeness (QED) is 0.142. The molecule has 0 fully saturated rings. The van der Waals surface area contributed by atoms with Crippen LogP contribution in [0.15, 0.2) is 255 Å². The van der Waals surface area contributed by atoms with Gasteiger partial charge < -0.3 is 13.7 Å². The van der Waals surface area contributed by atoms with Crippen LogP contribution in [0.25, 0.3) is 148 Å². The Kier molecular flexibility index (Phi) is 10.8. The molecule has 4 aromatic heterocycles. The summed E-state index contributed by atoms with van der Waals surface area (Å²) in [7, 11) is 0. The Labute approximate surface area is 465 Å². The van der Waals surface area contributed by atoms with Crippen molar-refractivity contribution in [3.63, 3.8) is 0 Å². The van der Waals surface area contributed by atoms with Crippen molar-refractivity contribution in [1.29, 1.82) is 5.26 Å². The summed E-state index contributed by atoms with van der Waals surface area (Å²) in [6, 6.07) is 90.0. The van der Waals surface area contributed by atoms with Crippen LogP contribution in [0.3, 0.4) is 0 Å². The first kappa shape index (κ1) is 46.7. The van der Waals surface area contributed by atoms with Crippen molar-refractivity contribution in [3.05, 3.63) is 283 Å². The van der Waals surface area contributed by atoms with Gasteiger partial charge in [-0.25, -0.2) is 19.7 Å². The second kappa shape index (κ2) is 18.8. The average Bonchev–Trinajstić information content (AvgIpc) is 4.03. The predicted octanol–water partition coefficient (Wildman–Crippen LogP) is 19.1. The fourth-order valence-corrected chi connectivity index (χ4v) is 11.9. The first-order valence-electron chi connectivity index (χ1n) is 26.7. The number of rotatable bonds is 8. The molecular weight excluding hydrogens is 989 g/mol. The Morgan fingerprint density at radius 2 is 0.704 bits per heavy atom. The van der Waals surface area contributed by atoms with Gasteiger partial charge in [0.1, 0.15) is 0 Å². The zero-order chi connectivity index (χ0) is 54.1. The Hall–Kier alpha value is -11.6. The van der Waals surface area contributed by atoms with Gasteiger partial charge in [0.05, 0.1) is 69.3 Å². The summed E-state index contributed by atoms with van der Waals surface area (Å²) < 4.78 is 6.85. The van der Waals surface area contributed by atoms with E-state index >= 15 is 0 Å². The number of benzene rings is 11. The van der Waals surface area contributed by atoms with Crippen LogP contribution in [0, 0.1) is 24.5 Å². The van der Waals surface area contributed by atoms with Gasteiger partial charge >= 0.3 is 0 Å². The van der Waals surface area contributed by atoms with Gasteiger partial charge in [0, 0.05) is 55.3 Å². The maximum Gasteiger partial charge on any atom is 0.188 e. The van der Waals surface area contributed by atoms with Crippen molar-refractivity contribution in [2.24, 2.45) is 0 Å². The second-order valence-corrected chi connectivity index (χ2v) is 20.3. The lowest BCUT2D eigenvalue weighted by atomic mass is 9.96. The molecule has 0 spiro atoms. The fourth-order valence-electron chi connectivity index (χ4n) is 11.9. The van der Waals surface area contributed by atoms with Crippen LogP contribution >= 0.6 is 0 Å². The van der Waals surface area contributed by atoms with Crippen LogP contribution in [0.1, 0.15) is 5.56 Å². The van der Waals surface area contributed by atoms with Crippen molar-refractivity contribution >= 4 is 76.8 Å². The minimum absolute atomic E-state index is 0.545. The molecule has 0 amide bonds. The normalized spacial score (nSPS) is 11.4. The lowest BCUT2D eigenvalue weighted by molar-refractivity contribution is 1.16. The number of aromatic nitrogens is 5. The van der Waals surface area contributed by atoms with Crippen molar-refractivity contribution in [1.82, 2.24) is 23.7 Å². The van der Waals surface area contributed by atoms with Crippen LogP contribution in [-0.2, 0) is 0 Å². The number of para-hydroxylation sites is 2. The molecule has 8 heteroatoms.